The second kappa shape index (κ2) is 5.51. The molecule has 1 aromatic carbocycles. The maximum absolute atomic E-state index is 10.2. The van der Waals surface area contributed by atoms with E-state index in [4.69, 9.17) is 10.5 Å². The molecule has 0 fully saturated rings. The topological polar surface area (TPSA) is 68.4 Å². The Hall–Kier alpha value is -2.07. The number of para-hydroxylation sites is 1. The molecular formula is C14H16N2O2. The van der Waals surface area contributed by atoms with Crippen LogP contribution in [0.4, 0.5) is 5.69 Å². The van der Waals surface area contributed by atoms with E-state index in [1.54, 1.807) is 25.6 Å². The standard InChI is InChI=1S/C14H16N2O2/c1-18-13-4-2-3-11(14(13)15)12(17)9-10-5-7-16-8-6-10/h2-8,12,17H,9,15H2,1H3. The van der Waals surface area contributed by atoms with E-state index in [0.717, 1.165) is 5.56 Å². The van der Waals surface area contributed by atoms with Crippen molar-refractivity contribution < 1.29 is 9.84 Å². The number of aliphatic hydroxyl groups is 1. The number of nitrogen functional groups attached to an aromatic ring is 1. The van der Waals surface area contributed by atoms with Crippen molar-refractivity contribution in [3.63, 3.8) is 0 Å². The molecule has 1 unspecified atom stereocenters. The summed E-state index contributed by atoms with van der Waals surface area (Å²) < 4.78 is 5.14. The number of benzene rings is 1. The van der Waals surface area contributed by atoms with E-state index >= 15 is 0 Å². The highest BCUT2D eigenvalue weighted by Gasteiger charge is 2.14. The monoisotopic (exact) mass is 244 g/mol. The summed E-state index contributed by atoms with van der Waals surface area (Å²) in [7, 11) is 1.56. The van der Waals surface area contributed by atoms with Gasteiger partial charge in [0.1, 0.15) is 5.75 Å². The number of rotatable bonds is 4. The van der Waals surface area contributed by atoms with Gasteiger partial charge in [-0.15, -0.1) is 0 Å². The van der Waals surface area contributed by atoms with Crippen LogP contribution in [-0.2, 0) is 6.42 Å². The Morgan fingerprint density at radius 1 is 1.28 bits per heavy atom. The summed E-state index contributed by atoms with van der Waals surface area (Å²) in [5.74, 6) is 0.585. The van der Waals surface area contributed by atoms with Crippen molar-refractivity contribution in [3.8, 4) is 5.75 Å². The molecular weight excluding hydrogens is 228 g/mol. The van der Waals surface area contributed by atoms with Crippen molar-refractivity contribution in [2.24, 2.45) is 0 Å². The third-order valence-electron chi connectivity index (χ3n) is 2.86. The van der Waals surface area contributed by atoms with E-state index in [1.807, 2.05) is 24.3 Å². The number of methoxy groups -OCH3 is 1. The average molecular weight is 244 g/mol. The number of pyridine rings is 1. The molecule has 4 nitrogen and oxygen atoms in total. The van der Waals surface area contributed by atoms with Gasteiger partial charge in [0.25, 0.3) is 0 Å². The van der Waals surface area contributed by atoms with Crippen LogP contribution in [0.2, 0.25) is 0 Å². The molecule has 2 rings (SSSR count). The number of ether oxygens (including phenoxy) is 1. The van der Waals surface area contributed by atoms with Crippen molar-refractivity contribution >= 4 is 5.69 Å². The maximum Gasteiger partial charge on any atom is 0.142 e. The summed E-state index contributed by atoms with van der Waals surface area (Å²) in [6.07, 6.45) is 3.26. The van der Waals surface area contributed by atoms with Gasteiger partial charge in [0.2, 0.25) is 0 Å². The fraction of sp³-hybridized carbons (Fsp3) is 0.214. The number of aromatic nitrogens is 1. The molecule has 0 amide bonds. The van der Waals surface area contributed by atoms with E-state index in [0.29, 0.717) is 23.4 Å². The molecule has 18 heavy (non-hydrogen) atoms. The minimum absolute atomic E-state index is 0.488. The summed E-state index contributed by atoms with van der Waals surface area (Å²) in [6, 6.07) is 9.15. The molecule has 0 radical (unpaired) electrons. The fourth-order valence-electron chi connectivity index (χ4n) is 1.88. The third kappa shape index (κ3) is 2.60. The molecule has 4 heteroatoms. The molecule has 2 aromatic rings. The van der Waals surface area contributed by atoms with Crippen LogP contribution < -0.4 is 10.5 Å². The molecule has 0 aliphatic rings. The first-order valence-electron chi connectivity index (χ1n) is 5.71. The molecule has 0 spiro atoms. The molecule has 0 saturated carbocycles. The predicted molar refractivity (Wildman–Crippen MR) is 70.3 cm³/mol. The largest absolute Gasteiger partial charge is 0.495 e. The van der Waals surface area contributed by atoms with Crippen LogP contribution in [-0.4, -0.2) is 17.2 Å². The molecule has 0 aliphatic carbocycles. The highest BCUT2D eigenvalue weighted by molar-refractivity contribution is 5.59. The Morgan fingerprint density at radius 3 is 2.67 bits per heavy atom. The molecule has 3 N–H and O–H groups in total. The van der Waals surface area contributed by atoms with Crippen LogP contribution >= 0.6 is 0 Å². The minimum Gasteiger partial charge on any atom is -0.495 e. The van der Waals surface area contributed by atoms with Gasteiger partial charge in [-0.3, -0.25) is 4.98 Å². The number of nitrogens with zero attached hydrogens (tertiary/aromatic N) is 1. The van der Waals surface area contributed by atoms with Gasteiger partial charge in [0.15, 0.2) is 0 Å². The van der Waals surface area contributed by atoms with Crippen LogP contribution in [0, 0.1) is 0 Å². The Morgan fingerprint density at radius 2 is 2.00 bits per heavy atom. The smallest absolute Gasteiger partial charge is 0.142 e. The zero-order valence-corrected chi connectivity index (χ0v) is 10.2. The van der Waals surface area contributed by atoms with Gasteiger partial charge in [-0.25, -0.2) is 0 Å². The number of anilines is 1. The Kier molecular flexibility index (Phi) is 3.79. The highest BCUT2D eigenvalue weighted by Crippen LogP contribution is 2.30. The number of aliphatic hydroxyl groups excluding tert-OH is 1. The maximum atomic E-state index is 10.2. The Bertz CT molecular complexity index is 514. The lowest BCUT2D eigenvalue weighted by atomic mass is 10.0. The molecule has 0 aliphatic heterocycles. The normalized spacial score (nSPS) is 12.1. The lowest BCUT2D eigenvalue weighted by molar-refractivity contribution is 0.179. The first-order valence-corrected chi connectivity index (χ1v) is 5.71. The second-order valence-electron chi connectivity index (χ2n) is 4.04. The van der Waals surface area contributed by atoms with Gasteiger partial charge in [-0.05, 0) is 23.8 Å². The van der Waals surface area contributed by atoms with Crippen molar-refractivity contribution in [1.82, 2.24) is 4.98 Å². The van der Waals surface area contributed by atoms with E-state index in [-0.39, 0.29) is 0 Å². The molecule has 0 bridgehead atoms. The molecule has 1 heterocycles. The Labute approximate surface area is 106 Å². The zero-order chi connectivity index (χ0) is 13.0. The Balaban J connectivity index is 2.21. The highest BCUT2D eigenvalue weighted by atomic mass is 16.5. The van der Waals surface area contributed by atoms with Gasteiger partial charge >= 0.3 is 0 Å². The molecule has 94 valence electrons. The van der Waals surface area contributed by atoms with Crippen LogP contribution in [0.3, 0.4) is 0 Å². The van der Waals surface area contributed by atoms with Gasteiger partial charge < -0.3 is 15.6 Å². The van der Waals surface area contributed by atoms with Crippen LogP contribution in [0.15, 0.2) is 42.7 Å². The second-order valence-corrected chi connectivity index (χ2v) is 4.04. The summed E-state index contributed by atoms with van der Waals surface area (Å²) in [6.45, 7) is 0. The first kappa shape index (κ1) is 12.4. The summed E-state index contributed by atoms with van der Waals surface area (Å²) in [4.78, 5) is 3.94. The van der Waals surface area contributed by atoms with Gasteiger partial charge in [0, 0.05) is 24.4 Å². The van der Waals surface area contributed by atoms with Gasteiger partial charge in [0.05, 0.1) is 18.9 Å². The van der Waals surface area contributed by atoms with Crippen molar-refractivity contribution in [1.29, 1.82) is 0 Å². The van der Waals surface area contributed by atoms with E-state index in [2.05, 4.69) is 4.98 Å². The van der Waals surface area contributed by atoms with Gasteiger partial charge in [-0.1, -0.05) is 12.1 Å². The SMILES string of the molecule is COc1cccc(C(O)Cc2ccncc2)c1N. The van der Waals surface area contributed by atoms with Crippen LogP contribution in [0.5, 0.6) is 5.75 Å². The zero-order valence-electron chi connectivity index (χ0n) is 10.2. The predicted octanol–water partition coefficient (Wildman–Crippen LogP) is 1.95. The molecule has 0 saturated heterocycles. The summed E-state index contributed by atoms with van der Waals surface area (Å²) in [5, 5.41) is 10.2. The quantitative estimate of drug-likeness (QED) is 0.807. The van der Waals surface area contributed by atoms with Crippen molar-refractivity contribution in [3.05, 3.63) is 53.9 Å². The first-order chi connectivity index (χ1) is 8.72. The third-order valence-corrected chi connectivity index (χ3v) is 2.86. The lowest BCUT2D eigenvalue weighted by Crippen LogP contribution is -2.06. The van der Waals surface area contributed by atoms with E-state index in [1.165, 1.54) is 0 Å². The number of nitrogens with two attached hydrogens (primary N) is 1. The summed E-state index contributed by atoms with van der Waals surface area (Å²) in [5.41, 5.74) is 8.14. The fourth-order valence-corrected chi connectivity index (χ4v) is 1.88. The molecule has 1 atom stereocenters. The summed E-state index contributed by atoms with van der Waals surface area (Å²) >= 11 is 0. The van der Waals surface area contributed by atoms with Crippen LogP contribution in [0.25, 0.3) is 0 Å². The van der Waals surface area contributed by atoms with E-state index < -0.39 is 6.10 Å². The molecule has 1 aromatic heterocycles. The average Bonchev–Trinajstić information content (AvgIpc) is 2.40. The van der Waals surface area contributed by atoms with Gasteiger partial charge in [-0.2, -0.15) is 0 Å². The number of hydrogen-bond donors (Lipinski definition) is 2. The minimum atomic E-state index is -0.650. The lowest BCUT2D eigenvalue weighted by Gasteiger charge is -2.15. The van der Waals surface area contributed by atoms with E-state index in [9.17, 15) is 5.11 Å². The van der Waals surface area contributed by atoms with Crippen molar-refractivity contribution in [2.75, 3.05) is 12.8 Å². The van der Waals surface area contributed by atoms with Crippen molar-refractivity contribution in [2.45, 2.75) is 12.5 Å². The van der Waals surface area contributed by atoms with Crippen LogP contribution in [0.1, 0.15) is 17.2 Å². The number of hydrogen-bond acceptors (Lipinski definition) is 4.